The number of pyridine rings is 1. The van der Waals surface area contributed by atoms with E-state index in [0.29, 0.717) is 6.54 Å². The first-order chi connectivity index (χ1) is 12.0. The number of hydrogen-bond donors (Lipinski definition) is 0. The summed E-state index contributed by atoms with van der Waals surface area (Å²) in [5.41, 5.74) is 1.67. The first-order valence-electron chi connectivity index (χ1n) is 7.72. The predicted molar refractivity (Wildman–Crippen MR) is 98.4 cm³/mol. The molecule has 3 rings (SSSR count). The van der Waals surface area contributed by atoms with Crippen LogP contribution in [0.4, 0.5) is 0 Å². The van der Waals surface area contributed by atoms with Crippen LogP contribution in [-0.2, 0) is 17.9 Å². The van der Waals surface area contributed by atoms with Gasteiger partial charge in [0.1, 0.15) is 6.54 Å². The summed E-state index contributed by atoms with van der Waals surface area (Å²) in [4.78, 5) is 25.8. The number of carbonyl (C=O) groups is 1. The van der Waals surface area contributed by atoms with Crippen LogP contribution in [0.3, 0.4) is 0 Å². The standard InChI is InChI=1S/C18H17BrN4O2/c1-21(18(25)13-22-12-15(19)7-8-17(22)24)10-14-9-20-23(11-14)16-5-3-2-4-6-16/h2-9,11-12H,10,13H2,1H3. The molecule has 2 heterocycles. The molecule has 7 heteroatoms. The average molecular weight is 401 g/mol. The van der Waals surface area contributed by atoms with Gasteiger partial charge in [-0.05, 0) is 34.1 Å². The molecule has 1 amide bonds. The molecule has 2 aromatic heterocycles. The molecule has 25 heavy (non-hydrogen) atoms. The van der Waals surface area contributed by atoms with Crippen molar-refractivity contribution < 1.29 is 4.79 Å². The number of nitrogens with zero attached hydrogens (tertiary/aromatic N) is 4. The Kier molecular flexibility index (Phi) is 5.14. The summed E-state index contributed by atoms with van der Waals surface area (Å²) in [7, 11) is 1.71. The van der Waals surface area contributed by atoms with Gasteiger partial charge >= 0.3 is 0 Å². The molecule has 0 aliphatic rings. The van der Waals surface area contributed by atoms with E-state index < -0.39 is 0 Å². The quantitative estimate of drug-likeness (QED) is 0.660. The smallest absolute Gasteiger partial charge is 0.251 e. The summed E-state index contributed by atoms with van der Waals surface area (Å²) in [6, 6.07) is 12.9. The second kappa shape index (κ2) is 7.48. The minimum atomic E-state index is -0.207. The van der Waals surface area contributed by atoms with Gasteiger partial charge in [-0.25, -0.2) is 4.68 Å². The normalized spacial score (nSPS) is 10.6. The van der Waals surface area contributed by atoms with Gasteiger partial charge in [-0.2, -0.15) is 5.10 Å². The third-order valence-electron chi connectivity index (χ3n) is 3.76. The number of aromatic nitrogens is 3. The van der Waals surface area contributed by atoms with Crippen LogP contribution in [0.15, 0.2) is 70.3 Å². The van der Waals surface area contributed by atoms with Gasteiger partial charge in [-0.3, -0.25) is 9.59 Å². The lowest BCUT2D eigenvalue weighted by atomic mass is 10.3. The molecule has 0 aliphatic heterocycles. The lowest BCUT2D eigenvalue weighted by Crippen LogP contribution is -2.33. The number of hydrogen-bond acceptors (Lipinski definition) is 3. The number of halogens is 1. The Morgan fingerprint density at radius 2 is 1.92 bits per heavy atom. The Bertz CT molecular complexity index is 934. The van der Waals surface area contributed by atoms with Crippen LogP contribution < -0.4 is 5.56 Å². The van der Waals surface area contributed by atoms with Crippen LogP contribution in [0.25, 0.3) is 5.69 Å². The van der Waals surface area contributed by atoms with Crippen molar-refractivity contribution in [3.05, 3.63) is 81.4 Å². The Balaban J connectivity index is 1.67. The SMILES string of the molecule is CN(Cc1cnn(-c2ccccc2)c1)C(=O)Cn1cc(Br)ccc1=O. The van der Waals surface area contributed by atoms with E-state index in [1.54, 1.807) is 35.1 Å². The molecule has 0 aliphatic carbocycles. The van der Waals surface area contributed by atoms with Crippen LogP contribution in [0.5, 0.6) is 0 Å². The molecule has 0 saturated heterocycles. The minimum absolute atomic E-state index is 0.00158. The van der Waals surface area contributed by atoms with Gasteiger partial charge in [0.05, 0.1) is 11.9 Å². The molecule has 3 aromatic rings. The molecule has 0 atom stereocenters. The highest BCUT2D eigenvalue weighted by Gasteiger charge is 2.12. The maximum absolute atomic E-state index is 12.4. The van der Waals surface area contributed by atoms with Gasteiger partial charge in [0.15, 0.2) is 0 Å². The molecule has 1 aromatic carbocycles. The fraction of sp³-hybridized carbons (Fsp3) is 0.167. The molecule has 0 bridgehead atoms. The monoisotopic (exact) mass is 400 g/mol. The summed E-state index contributed by atoms with van der Waals surface area (Å²) in [6.45, 7) is 0.427. The van der Waals surface area contributed by atoms with Crippen LogP contribution in [0, 0.1) is 0 Å². The van der Waals surface area contributed by atoms with E-state index in [0.717, 1.165) is 15.7 Å². The van der Waals surface area contributed by atoms with Crippen molar-refractivity contribution in [2.45, 2.75) is 13.1 Å². The van der Waals surface area contributed by atoms with E-state index in [4.69, 9.17) is 0 Å². The maximum Gasteiger partial charge on any atom is 0.251 e. The van der Waals surface area contributed by atoms with Gasteiger partial charge in [-0.15, -0.1) is 0 Å². The summed E-state index contributed by atoms with van der Waals surface area (Å²) in [5.74, 6) is -0.146. The number of para-hydroxylation sites is 1. The zero-order chi connectivity index (χ0) is 17.8. The van der Waals surface area contributed by atoms with Crippen molar-refractivity contribution >= 4 is 21.8 Å². The Morgan fingerprint density at radius 1 is 1.16 bits per heavy atom. The second-order valence-corrected chi connectivity index (χ2v) is 6.61. The van der Waals surface area contributed by atoms with Crippen molar-refractivity contribution in [2.75, 3.05) is 7.05 Å². The first kappa shape index (κ1) is 17.2. The van der Waals surface area contributed by atoms with Crippen LogP contribution >= 0.6 is 15.9 Å². The van der Waals surface area contributed by atoms with Crippen molar-refractivity contribution in [2.24, 2.45) is 0 Å². The Hall–Kier alpha value is -2.67. The highest BCUT2D eigenvalue weighted by molar-refractivity contribution is 9.10. The highest BCUT2D eigenvalue weighted by atomic mass is 79.9. The molecule has 0 fully saturated rings. The van der Waals surface area contributed by atoms with Crippen molar-refractivity contribution in [3.8, 4) is 5.69 Å². The molecule has 0 N–H and O–H groups in total. The van der Waals surface area contributed by atoms with Crippen molar-refractivity contribution in [1.29, 1.82) is 0 Å². The molecule has 128 valence electrons. The van der Waals surface area contributed by atoms with Crippen molar-refractivity contribution in [3.63, 3.8) is 0 Å². The number of carbonyl (C=O) groups excluding carboxylic acids is 1. The molecule has 0 radical (unpaired) electrons. The van der Waals surface area contributed by atoms with Crippen LogP contribution in [0.1, 0.15) is 5.56 Å². The molecule has 0 unspecified atom stereocenters. The van der Waals surface area contributed by atoms with Crippen molar-refractivity contribution in [1.82, 2.24) is 19.2 Å². The molecule has 0 saturated carbocycles. The topological polar surface area (TPSA) is 60.1 Å². The zero-order valence-corrected chi connectivity index (χ0v) is 15.3. The van der Waals surface area contributed by atoms with Crippen LogP contribution in [-0.4, -0.2) is 32.2 Å². The number of rotatable bonds is 5. The largest absolute Gasteiger partial charge is 0.340 e. The van der Waals surface area contributed by atoms with Gasteiger partial charge in [-0.1, -0.05) is 18.2 Å². The minimum Gasteiger partial charge on any atom is -0.340 e. The summed E-state index contributed by atoms with van der Waals surface area (Å²) < 4.78 is 3.91. The Labute approximate surface area is 153 Å². The molecule has 0 spiro atoms. The summed E-state index contributed by atoms with van der Waals surface area (Å²) in [6.07, 6.45) is 5.24. The van der Waals surface area contributed by atoms with Gasteiger partial charge in [0.2, 0.25) is 5.91 Å². The van der Waals surface area contributed by atoms with Gasteiger partial charge in [0.25, 0.3) is 5.56 Å². The van der Waals surface area contributed by atoms with E-state index in [1.807, 2.05) is 36.5 Å². The van der Waals surface area contributed by atoms with Gasteiger partial charge in [0, 0.05) is 42.1 Å². The van der Waals surface area contributed by atoms with Crippen LogP contribution in [0.2, 0.25) is 0 Å². The fourth-order valence-electron chi connectivity index (χ4n) is 2.42. The average Bonchev–Trinajstić information content (AvgIpc) is 3.07. The maximum atomic E-state index is 12.4. The fourth-order valence-corrected chi connectivity index (χ4v) is 2.80. The first-order valence-corrected chi connectivity index (χ1v) is 8.51. The number of benzene rings is 1. The molecular weight excluding hydrogens is 384 g/mol. The summed E-state index contributed by atoms with van der Waals surface area (Å²) in [5, 5.41) is 4.33. The second-order valence-electron chi connectivity index (χ2n) is 5.69. The van der Waals surface area contributed by atoms with Gasteiger partial charge < -0.3 is 9.47 Å². The van der Waals surface area contributed by atoms with E-state index in [1.165, 1.54) is 10.6 Å². The molecule has 6 nitrogen and oxygen atoms in total. The van der Waals surface area contributed by atoms with E-state index in [-0.39, 0.29) is 18.0 Å². The number of likely N-dealkylation sites (N-methyl/N-ethyl adjacent to an activating group) is 1. The molecular formula is C18H17BrN4O2. The van der Waals surface area contributed by atoms with E-state index >= 15 is 0 Å². The highest BCUT2D eigenvalue weighted by Crippen LogP contribution is 2.10. The van der Waals surface area contributed by atoms with E-state index in [2.05, 4.69) is 21.0 Å². The third-order valence-corrected chi connectivity index (χ3v) is 4.22. The lowest BCUT2D eigenvalue weighted by Gasteiger charge is -2.17. The van der Waals surface area contributed by atoms with E-state index in [9.17, 15) is 9.59 Å². The lowest BCUT2D eigenvalue weighted by molar-refractivity contribution is -0.131. The Morgan fingerprint density at radius 3 is 2.68 bits per heavy atom. The summed E-state index contributed by atoms with van der Waals surface area (Å²) >= 11 is 3.31. The predicted octanol–water partition coefficient (Wildman–Crippen LogP) is 2.46. The zero-order valence-electron chi connectivity index (χ0n) is 13.7. The third kappa shape index (κ3) is 4.24. The number of amides is 1.